The molecule has 0 aliphatic carbocycles. The zero-order valence-corrected chi connectivity index (χ0v) is 8.54. The van der Waals surface area contributed by atoms with Crippen molar-refractivity contribution in [2.45, 2.75) is 12.4 Å². The summed E-state index contributed by atoms with van der Waals surface area (Å²) in [5, 5.41) is -1.80. The third-order valence-electron chi connectivity index (χ3n) is 1.87. The Balaban J connectivity index is 3.61. The topological polar surface area (TPSA) is 17.1 Å². The number of halogens is 7. The van der Waals surface area contributed by atoms with Crippen molar-refractivity contribution in [3.05, 3.63) is 34.9 Å². The molecule has 0 spiro atoms. The van der Waals surface area contributed by atoms with E-state index in [0.29, 0.717) is 18.2 Å². The first-order valence-corrected chi connectivity index (χ1v) is 4.40. The van der Waals surface area contributed by atoms with Crippen LogP contribution in [0.5, 0.6) is 0 Å². The van der Waals surface area contributed by atoms with Gasteiger partial charge in [-0.3, -0.25) is 4.79 Å². The summed E-state index contributed by atoms with van der Waals surface area (Å²) in [6.45, 7) is 0. The van der Waals surface area contributed by atoms with Crippen molar-refractivity contribution >= 4 is 16.8 Å². The molecule has 1 rings (SSSR count). The zero-order chi connectivity index (χ0) is 13.4. The van der Waals surface area contributed by atoms with Crippen LogP contribution in [0.25, 0.3) is 0 Å². The molecule has 17 heavy (non-hydrogen) atoms. The lowest BCUT2D eigenvalue weighted by molar-refractivity contribution is -0.143. The number of alkyl halides is 6. The van der Waals surface area contributed by atoms with Gasteiger partial charge in [0.25, 0.3) is 5.24 Å². The molecule has 0 saturated heterocycles. The van der Waals surface area contributed by atoms with E-state index in [1.807, 2.05) is 0 Å². The Hall–Kier alpha value is -1.24. The van der Waals surface area contributed by atoms with E-state index >= 15 is 0 Å². The van der Waals surface area contributed by atoms with Crippen LogP contribution in [0.15, 0.2) is 18.2 Å². The van der Waals surface area contributed by atoms with Gasteiger partial charge in [-0.05, 0) is 23.7 Å². The number of hydrogen-bond donors (Lipinski definition) is 0. The molecule has 94 valence electrons. The Morgan fingerprint density at radius 3 is 1.53 bits per heavy atom. The molecular formula is C9H3ClF6O. The van der Waals surface area contributed by atoms with Gasteiger partial charge in [-0.2, -0.15) is 26.3 Å². The van der Waals surface area contributed by atoms with Gasteiger partial charge >= 0.3 is 12.4 Å². The van der Waals surface area contributed by atoms with E-state index < -0.39 is 34.3 Å². The first-order valence-electron chi connectivity index (χ1n) is 4.02. The molecule has 1 aromatic rings. The summed E-state index contributed by atoms with van der Waals surface area (Å²) in [6, 6.07) is 1.30. The van der Waals surface area contributed by atoms with Gasteiger partial charge in [0.2, 0.25) is 0 Å². The summed E-state index contributed by atoms with van der Waals surface area (Å²) in [7, 11) is 0. The molecule has 0 unspecified atom stereocenters. The molecule has 0 N–H and O–H groups in total. The predicted octanol–water partition coefficient (Wildman–Crippen LogP) is 4.10. The standard InChI is InChI=1S/C9H3ClF6O/c10-7(17)6-4(8(11,12)13)2-1-3-5(6)9(14,15)16/h1-3H. The summed E-state index contributed by atoms with van der Waals surface area (Å²) >= 11 is 4.79. The molecule has 0 aromatic heterocycles. The summed E-state index contributed by atoms with van der Waals surface area (Å²) < 4.78 is 74.4. The maximum absolute atomic E-state index is 12.4. The van der Waals surface area contributed by atoms with Gasteiger partial charge in [0, 0.05) is 0 Å². The van der Waals surface area contributed by atoms with Crippen molar-refractivity contribution in [1.82, 2.24) is 0 Å². The van der Waals surface area contributed by atoms with Gasteiger partial charge in [0.15, 0.2) is 0 Å². The van der Waals surface area contributed by atoms with Crippen LogP contribution in [0.2, 0.25) is 0 Å². The van der Waals surface area contributed by atoms with Crippen LogP contribution in [0.1, 0.15) is 21.5 Å². The number of hydrogen-bond acceptors (Lipinski definition) is 1. The fraction of sp³-hybridized carbons (Fsp3) is 0.222. The molecular weight excluding hydrogens is 274 g/mol. The molecule has 0 aliphatic heterocycles. The lowest BCUT2D eigenvalue weighted by Gasteiger charge is -2.15. The molecule has 1 nitrogen and oxygen atoms in total. The Labute approximate surface area is 96.0 Å². The molecule has 8 heteroatoms. The van der Waals surface area contributed by atoms with E-state index in [-0.39, 0.29) is 0 Å². The highest BCUT2D eigenvalue weighted by atomic mass is 35.5. The number of rotatable bonds is 1. The highest BCUT2D eigenvalue weighted by Gasteiger charge is 2.42. The molecule has 0 radical (unpaired) electrons. The number of benzene rings is 1. The molecule has 0 bridgehead atoms. The average molecular weight is 277 g/mol. The normalized spacial score (nSPS) is 12.6. The second kappa shape index (κ2) is 4.21. The minimum atomic E-state index is -5.08. The van der Waals surface area contributed by atoms with Crippen LogP contribution in [0.4, 0.5) is 26.3 Å². The molecule has 0 heterocycles. The summed E-state index contributed by atoms with van der Waals surface area (Å²) in [5.41, 5.74) is -4.98. The van der Waals surface area contributed by atoms with Crippen LogP contribution in [-0.2, 0) is 12.4 Å². The van der Waals surface area contributed by atoms with E-state index in [2.05, 4.69) is 0 Å². The van der Waals surface area contributed by atoms with E-state index in [1.54, 1.807) is 0 Å². The number of carbonyl (C=O) groups excluding carboxylic acids is 1. The zero-order valence-electron chi connectivity index (χ0n) is 7.79. The van der Waals surface area contributed by atoms with Crippen molar-refractivity contribution in [1.29, 1.82) is 0 Å². The largest absolute Gasteiger partial charge is 0.417 e. The quantitative estimate of drug-likeness (QED) is 0.557. The smallest absolute Gasteiger partial charge is 0.276 e. The molecule has 0 atom stereocenters. The molecule has 1 aromatic carbocycles. The van der Waals surface area contributed by atoms with Gasteiger partial charge in [0.05, 0.1) is 16.7 Å². The van der Waals surface area contributed by atoms with Crippen LogP contribution < -0.4 is 0 Å². The van der Waals surface area contributed by atoms with Gasteiger partial charge in [-0.1, -0.05) is 6.07 Å². The van der Waals surface area contributed by atoms with Crippen LogP contribution in [-0.4, -0.2) is 5.24 Å². The minimum absolute atomic E-state index is 0.366. The third-order valence-corrected chi connectivity index (χ3v) is 2.06. The van der Waals surface area contributed by atoms with Gasteiger partial charge in [-0.15, -0.1) is 0 Å². The van der Waals surface area contributed by atoms with Crippen molar-refractivity contribution in [2.24, 2.45) is 0 Å². The van der Waals surface area contributed by atoms with Gasteiger partial charge < -0.3 is 0 Å². The minimum Gasteiger partial charge on any atom is -0.276 e. The van der Waals surface area contributed by atoms with E-state index in [9.17, 15) is 31.1 Å². The second-order valence-corrected chi connectivity index (χ2v) is 3.34. The Kier molecular flexibility index (Phi) is 3.42. The first-order chi connectivity index (χ1) is 7.55. The predicted molar refractivity (Wildman–Crippen MR) is 46.6 cm³/mol. The van der Waals surface area contributed by atoms with Gasteiger partial charge in [0.1, 0.15) is 0 Å². The van der Waals surface area contributed by atoms with Crippen LogP contribution in [0, 0.1) is 0 Å². The first kappa shape index (κ1) is 13.8. The van der Waals surface area contributed by atoms with Crippen LogP contribution in [0.3, 0.4) is 0 Å². The molecule has 0 saturated carbocycles. The third kappa shape index (κ3) is 2.91. The Morgan fingerprint density at radius 1 is 0.941 bits per heavy atom. The van der Waals surface area contributed by atoms with Crippen molar-refractivity contribution < 1.29 is 31.1 Å². The van der Waals surface area contributed by atoms with E-state index in [0.717, 1.165) is 0 Å². The highest BCUT2D eigenvalue weighted by Crippen LogP contribution is 2.39. The summed E-state index contributed by atoms with van der Waals surface area (Å²) in [6.07, 6.45) is -10.2. The number of carbonyl (C=O) groups is 1. The lowest BCUT2D eigenvalue weighted by atomic mass is 10.0. The van der Waals surface area contributed by atoms with Gasteiger partial charge in [-0.25, -0.2) is 0 Å². The Morgan fingerprint density at radius 2 is 1.29 bits per heavy atom. The van der Waals surface area contributed by atoms with E-state index in [4.69, 9.17) is 11.6 Å². The van der Waals surface area contributed by atoms with Crippen LogP contribution >= 0.6 is 11.6 Å². The highest BCUT2D eigenvalue weighted by molar-refractivity contribution is 6.68. The molecule has 0 fully saturated rings. The Bertz CT molecular complexity index is 416. The summed E-state index contributed by atoms with van der Waals surface area (Å²) in [4.78, 5) is 10.7. The molecule has 0 aliphatic rings. The summed E-state index contributed by atoms with van der Waals surface area (Å²) in [5.74, 6) is 0. The lowest BCUT2D eigenvalue weighted by Crippen LogP contribution is -2.18. The maximum atomic E-state index is 12.4. The van der Waals surface area contributed by atoms with Crippen molar-refractivity contribution in [2.75, 3.05) is 0 Å². The average Bonchev–Trinajstić information content (AvgIpc) is 2.13. The fourth-order valence-electron chi connectivity index (χ4n) is 1.24. The maximum Gasteiger partial charge on any atom is 0.417 e. The fourth-order valence-corrected chi connectivity index (χ4v) is 1.44. The SMILES string of the molecule is O=C(Cl)c1c(C(F)(F)F)cccc1C(F)(F)F. The second-order valence-electron chi connectivity index (χ2n) is 3.00. The van der Waals surface area contributed by atoms with Crippen molar-refractivity contribution in [3.63, 3.8) is 0 Å². The molecule has 0 amide bonds. The monoisotopic (exact) mass is 276 g/mol. The van der Waals surface area contributed by atoms with Crippen molar-refractivity contribution in [3.8, 4) is 0 Å². The van der Waals surface area contributed by atoms with E-state index in [1.165, 1.54) is 0 Å².